The number of morpholine rings is 1. The number of allylic oxidation sites excluding steroid dienone is 2. The number of anilines is 1. The van der Waals surface area contributed by atoms with Crippen molar-refractivity contribution in [1.29, 1.82) is 5.41 Å². The zero-order valence-electron chi connectivity index (χ0n) is 20.5. The van der Waals surface area contributed by atoms with E-state index in [1.807, 2.05) is 26.9 Å². The summed E-state index contributed by atoms with van der Waals surface area (Å²) in [5, 5.41) is 11.5. The van der Waals surface area contributed by atoms with Crippen LogP contribution in [-0.4, -0.2) is 85.6 Å². The molecule has 0 unspecified atom stereocenters. The van der Waals surface area contributed by atoms with Crippen LogP contribution in [0.1, 0.15) is 32.4 Å². The van der Waals surface area contributed by atoms with E-state index in [2.05, 4.69) is 15.2 Å². The number of pyridine rings is 1. The first-order valence-electron chi connectivity index (χ1n) is 12.2. The Balaban J connectivity index is 1.68. The van der Waals surface area contributed by atoms with Crippen LogP contribution in [0.2, 0.25) is 0 Å². The Morgan fingerprint density at radius 3 is 2.53 bits per heavy atom. The molecular weight excluding hydrogens is 431 g/mol. The standard InChI is InChI=1S/C24H35BN6O3/c1-16(25)21(17(2)26)19-3-4-20-23(29-19)31(15-18-5-11-33-12-6-18)24(32)22(28-20)27-7-8-30-9-13-34-14-10-30/h3-4,18,26H,5-15,25H2,1-2H3,(H,27,28)/b21-16+,26-17?. The van der Waals surface area contributed by atoms with E-state index in [1.165, 1.54) is 0 Å². The lowest BCUT2D eigenvalue weighted by Gasteiger charge is -2.26. The normalized spacial score (nSPS) is 18.6. The van der Waals surface area contributed by atoms with Gasteiger partial charge in [-0.05, 0) is 37.8 Å². The first kappa shape index (κ1) is 24.6. The molecule has 0 bridgehead atoms. The quantitative estimate of drug-likeness (QED) is 0.447. The molecule has 2 aliphatic rings. The molecule has 0 amide bonds. The van der Waals surface area contributed by atoms with E-state index >= 15 is 0 Å². The molecule has 2 fully saturated rings. The fraction of sp³-hybridized carbons (Fsp3) is 0.583. The summed E-state index contributed by atoms with van der Waals surface area (Å²) >= 11 is 0. The minimum atomic E-state index is -0.143. The second kappa shape index (κ2) is 11.2. The molecule has 4 heterocycles. The Morgan fingerprint density at radius 1 is 1.15 bits per heavy atom. The fourth-order valence-electron chi connectivity index (χ4n) is 4.71. The molecule has 2 saturated heterocycles. The Labute approximate surface area is 201 Å². The van der Waals surface area contributed by atoms with Gasteiger partial charge in [0.15, 0.2) is 11.5 Å². The van der Waals surface area contributed by atoms with E-state index in [4.69, 9.17) is 19.9 Å². The molecule has 34 heavy (non-hydrogen) atoms. The number of nitrogens with one attached hydrogen (secondary N) is 2. The van der Waals surface area contributed by atoms with Gasteiger partial charge in [-0.2, -0.15) is 0 Å². The summed E-state index contributed by atoms with van der Waals surface area (Å²) in [6, 6.07) is 3.81. The van der Waals surface area contributed by atoms with E-state index in [-0.39, 0.29) is 5.56 Å². The minimum absolute atomic E-state index is 0.143. The van der Waals surface area contributed by atoms with Crippen molar-refractivity contribution in [2.45, 2.75) is 33.2 Å². The molecule has 182 valence electrons. The number of aromatic nitrogens is 3. The molecule has 0 radical (unpaired) electrons. The van der Waals surface area contributed by atoms with Crippen LogP contribution in [-0.2, 0) is 16.0 Å². The third-order valence-electron chi connectivity index (χ3n) is 6.53. The molecule has 0 atom stereocenters. The van der Waals surface area contributed by atoms with E-state index in [9.17, 15) is 4.79 Å². The highest BCUT2D eigenvalue weighted by molar-refractivity contribution is 6.34. The number of ether oxygens (including phenoxy) is 2. The van der Waals surface area contributed by atoms with Gasteiger partial charge in [0.25, 0.3) is 5.56 Å². The zero-order chi connectivity index (χ0) is 24.1. The van der Waals surface area contributed by atoms with Crippen molar-refractivity contribution in [2.75, 3.05) is 57.9 Å². The van der Waals surface area contributed by atoms with Gasteiger partial charge in [0, 0.05) is 57.2 Å². The van der Waals surface area contributed by atoms with Crippen molar-refractivity contribution in [1.82, 2.24) is 19.4 Å². The molecule has 4 rings (SSSR count). The minimum Gasteiger partial charge on any atom is -0.381 e. The molecule has 0 spiro atoms. The Bertz CT molecular complexity index is 1120. The van der Waals surface area contributed by atoms with Crippen LogP contribution in [0.5, 0.6) is 0 Å². The third-order valence-corrected chi connectivity index (χ3v) is 6.53. The van der Waals surface area contributed by atoms with E-state index in [0.717, 1.165) is 69.9 Å². The van der Waals surface area contributed by atoms with Crippen LogP contribution in [0.4, 0.5) is 5.82 Å². The van der Waals surface area contributed by atoms with Gasteiger partial charge in [0.05, 0.1) is 18.9 Å². The number of nitrogens with zero attached hydrogens (tertiary/aromatic N) is 4. The summed E-state index contributed by atoms with van der Waals surface area (Å²) < 4.78 is 12.7. The van der Waals surface area contributed by atoms with E-state index in [1.54, 1.807) is 11.5 Å². The molecule has 0 aromatic carbocycles. The van der Waals surface area contributed by atoms with Gasteiger partial charge in [0.2, 0.25) is 0 Å². The molecule has 10 heteroatoms. The molecule has 2 aromatic heterocycles. The molecule has 0 aliphatic carbocycles. The molecule has 0 saturated carbocycles. The van der Waals surface area contributed by atoms with Crippen molar-refractivity contribution < 1.29 is 9.47 Å². The van der Waals surface area contributed by atoms with Crippen LogP contribution in [0, 0.1) is 11.3 Å². The second-order valence-electron chi connectivity index (χ2n) is 9.35. The smallest absolute Gasteiger partial charge is 0.294 e. The summed E-state index contributed by atoms with van der Waals surface area (Å²) in [4.78, 5) is 25.4. The van der Waals surface area contributed by atoms with Gasteiger partial charge in [-0.25, -0.2) is 9.97 Å². The van der Waals surface area contributed by atoms with Crippen molar-refractivity contribution in [2.24, 2.45) is 5.92 Å². The summed E-state index contributed by atoms with van der Waals surface area (Å²) in [5.74, 6) is 0.726. The third kappa shape index (κ3) is 5.74. The van der Waals surface area contributed by atoms with Gasteiger partial charge in [0.1, 0.15) is 13.4 Å². The first-order valence-corrected chi connectivity index (χ1v) is 12.2. The number of hydrogen-bond acceptors (Lipinski definition) is 8. The van der Waals surface area contributed by atoms with Gasteiger partial charge in [-0.3, -0.25) is 14.3 Å². The highest BCUT2D eigenvalue weighted by Gasteiger charge is 2.20. The maximum atomic E-state index is 13.6. The van der Waals surface area contributed by atoms with Gasteiger partial charge < -0.3 is 20.2 Å². The average Bonchev–Trinajstić information content (AvgIpc) is 2.82. The second-order valence-corrected chi connectivity index (χ2v) is 9.35. The van der Waals surface area contributed by atoms with Gasteiger partial charge in [-0.15, -0.1) is 5.47 Å². The molecule has 9 nitrogen and oxygen atoms in total. The number of rotatable bonds is 8. The zero-order valence-corrected chi connectivity index (χ0v) is 20.5. The van der Waals surface area contributed by atoms with Crippen LogP contribution in [0.3, 0.4) is 0 Å². The topological polar surface area (TPSA) is 105 Å². The van der Waals surface area contributed by atoms with Crippen LogP contribution < -0.4 is 10.9 Å². The summed E-state index contributed by atoms with van der Waals surface area (Å²) in [7, 11) is 1.98. The first-order chi connectivity index (χ1) is 16.4. The lowest BCUT2D eigenvalue weighted by Crippen LogP contribution is -2.39. The lowest BCUT2D eigenvalue weighted by molar-refractivity contribution is 0.0398. The molecular formula is C24H35BN6O3. The highest BCUT2D eigenvalue weighted by atomic mass is 16.5. The van der Waals surface area contributed by atoms with Crippen LogP contribution in [0.25, 0.3) is 16.7 Å². The summed E-state index contributed by atoms with van der Waals surface area (Å²) in [6.45, 7) is 10.6. The van der Waals surface area contributed by atoms with Crippen LogP contribution >= 0.6 is 0 Å². The number of fused-ring (bicyclic) bond motifs is 1. The van der Waals surface area contributed by atoms with Crippen molar-refractivity contribution in [3.63, 3.8) is 0 Å². The maximum Gasteiger partial charge on any atom is 0.294 e. The van der Waals surface area contributed by atoms with Crippen LogP contribution in [0.15, 0.2) is 22.4 Å². The molecule has 2 aromatic rings. The van der Waals surface area contributed by atoms with Crippen molar-refractivity contribution >= 4 is 36.1 Å². The van der Waals surface area contributed by atoms with Crippen molar-refractivity contribution in [3.05, 3.63) is 33.7 Å². The lowest BCUT2D eigenvalue weighted by atomic mass is 9.88. The Kier molecular flexibility index (Phi) is 8.13. The van der Waals surface area contributed by atoms with Crippen molar-refractivity contribution in [3.8, 4) is 0 Å². The summed E-state index contributed by atoms with van der Waals surface area (Å²) in [5.41, 5.74) is 4.10. The van der Waals surface area contributed by atoms with E-state index in [0.29, 0.717) is 47.4 Å². The van der Waals surface area contributed by atoms with Gasteiger partial charge >= 0.3 is 0 Å². The molecule has 2 aliphatic heterocycles. The molecule has 2 N–H and O–H groups in total. The average molecular weight is 466 g/mol. The largest absolute Gasteiger partial charge is 0.381 e. The fourth-order valence-corrected chi connectivity index (χ4v) is 4.71. The Morgan fingerprint density at radius 2 is 1.85 bits per heavy atom. The summed E-state index contributed by atoms with van der Waals surface area (Å²) in [6.07, 6.45) is 1.85. The predicted octanol–water partition coefficient (Wildman–Crippen LogP) is 1.37. The van der Waals surface area contributed by atoms with Gasteiger partial charge in [-0.1, -0.05) is 6.92 Å². The highest BCUT2D eigenvalue weighted by Crippen LogP contribution is 2.22. The Hall–Kier alpha value is -2.56. The number of hydrogen-bond donors (Lipinski definition) is 2. The predicted molar refractivity (Wildman–Crippen MR) is 138 cm³/mol. The van der Waals surface area contributed by atoms with E-state index < -0.39 is 0 Å². The maximum absolute atomic E-state index is 13.6. The SMILES string of the molecule is B/C(C)=C(\C(C)=N)c1ccc2nc(NCCN3CCOCC3)c(=O)n(CC3CCOCC3)c2n1. The monoisotopic (exact) mass is 466 g/mol.